The zero-order valence-electron chi connectivity index (χ0n) is 25.4. The summed E-state index contributed by atoms with van der Waals surface area (Å²) in [5.74, 6) is 2.50. The van der Waals surface area contributed by atoms with Crippen molar-refractivity contribution >= 4 is 34.0 Å². The van der Waals surface area contributed by atoms with Gasteiger partial charge in [0.2, 0.25) is 5.95 Å². The zero-order valence-corrected chi connectivity index (χ0v) is 25.4. The normalized spacial score (nSPS) is 14.3. The molecule has 5 aromatic rings. The Morgan fingerprint density at radius 2 is 1.82 bits per heavy atom. The van der Waals surface area contributed by atoms with Gasteiger partial charge in [0.1, 0.15) is 29.0 Å². The summed E-state index contributed by atoms with van der Waals surface area (Å²) in [7, 11) is 3.24. The fourth-order valence-corrected chi connectivity index (χ4v) is 5.69. The van der Waals surface area contributed by atoms with Gasteiger partial charge in [-0.25, -0.2) is 4.98 Å². The number of benzene rings is 3. The molecule has 2 N–H and O–H groups in total. The van der Waals surface area contributed by atoms with E-state index in [2.05, 4.69) is 33.5 Å². The first-order valence-electron chi connectivity index (χ1n) is 14.9. The second-order valence-corrected chi connectivity index (χ2v) is 11.0. The van der Waals surface area contributed by atoms with E-state index in [0.717, 1.165) is 33.6 Å². The van der Waals surface area contributed by atoms with Crippen LogP contribution >= 0.6 is 0 Å². The Labute approximate surface area is 260 Å². The van der Waals surface area contributed by atoms with Crippen LogP contribution < -0.4 is 35.3 Å². The Balaban J connectivity index is 1.30. The van der Waals surface area contributed by atoms with Crippen molar-refractivity contribution in [3.05, 3.63) is 94.4 Å². The number of pyridine rings is 1. The van der Waals surface area contributed by atoms with Gasteiger partial charge < -0.3 is 34.5 Å². The molecule has 0 atom stereocenters. The predicted octanol–water partition coefficient (Wildman–Crippen LogP) is 5.06. The Morgan fingerprint density at radius 1 is 1.00 bits per heavy atom. The average Bonchev–Trinajstić information content (AvgIpc) is 3.05. The molecule has 4 heterocycles. The third-order valence-electron chi connectivity index (χ3n) is 8.13. The summed E-state index contributed by atoms with van der Waals surface area (Å²) in [4.78, 5) is 26.0. The molecule has 0 spiro atoms. The Bertz CT molecular complexity index is 1920. The number of aromatic nitrogens is 3. The van der Waals surface area contributed by atoms with E-state index in [1.54, 1.807) is 25.0 Å². The first kappa shape index (κ1) is 28.5. The van der Waals surface area contributed by atoms with Gasteiger partial charge in [0.25, 0.3) is 5.56 Å². The molecule has 0 radical (unpaired) electrons. The quantitative estimate of drug-likeness (QED) is 0.236. The van der Waals surface area contributed by atoms with Crippen molar-refractivity contribution < 1.29 is 18.9 Å². The van der Waals surface area contributed by atoms with Crippen molar-refractivity contribution in [3.63, 3.8) is 0 Å². The molecule has 1 saturated heterocycles. The topological polar surface area (TPSA) is 112 Å². The van der Waals surface area contributed by atoms with Crippen molar-refractivity contribution in [1.29, 1.82) is 0 Å². The van der Waals surface area contributed by atoms with Crippen LogP contribution in [0.1, 0.15) is 11.1 Å². The number of hydrogen-bond donors (Lipinski definition) is 2. The molecule has 2 aliphatic rings. The van der Waals surface area contributed by atoms with Gasteiger partial charge in [-0.1, -0.05) is 12.1 Å². The summed E-state index contributed by atoms with van der Waals surface area (Å²) in [6.07, 6.45) is 1.80. The molecule has 45 heavy (non-hydrogen) atoms. The van der Waals surface area contributed by atoms with Gasteiger partial charge in [-0.3, -0.25) is 9.36 Å². The largest absolute Gasteiger partial charge is 0.497 e. The summed E-state index contributed by atoms with van der Waals surface area (Å²) in [6.45, 7) is 4.98. The van der Waals surface area contributed by atoms with Gasteiger partial charge >= 0.3 is 0 Å². The average molecular weight is 607 g/mol. The Morgan fingerprint density at radius 3 is 2.58 bits per heavy atom. The second-order valence-electron chi connectivity index (χ2n) is 11.0. The lowest BCUT2D eigenvalue weighted by Gasteiger charge is -2.33. The monoisotopic (exact) mass is 606 g/mol. The molecule has 1 fully saturated rings. The minimum absolute atomic E-state index is 0.0460. The molecular weight excluding hydrogens is 572 g/mol. The van der Waals surface area contributed by atoms with E-state index in [1.165, 1.54) is 0 Å². The van der Waals surface area contributed by atoms with Crippen molar-refractivity contribution in [2.75, 3.05) is 56.1 Å². The molecule has 0 saturated carbocycles. The predicted molar refractivity (Wildman–Crippen MR) is 174 cm³/mol. The van der Waals surface area contributed by atoms with Crippen molar-refractivity contribution in [2.45, 2.75) is 19.6 Å². The molecule has 7 rings (SSSR count). The van der Waals surface area contributed by atoms with Gasteiger partial charge in [-0.15, -0.1) is 0 Å². The van der Waals surface area contributed by atoms with Gasteiger partial charge in [0.05, 0.1) is 44.5 Å². The fraction of sp³-hybridized carbons (Fsp3) is 0.265. The number of nitrogens with zero attached hydrogens (tertiary/aromatic N) is 4. The highest BCUT2D eigenvalue weighted by molar-refractivity contribution is 5.86. The molecule has 2 aliphatic heterocycles. The molecule has 0 bridgehead atoms. The van der Waals surface area contributed by atoms with Crippen LogP contribution in [0.5, 0.6) is 17.2 Å². The third-order valence-corrected chi connectivity index (χ3v) is 8.13. The molecule has 11 heteroatoms. The molecule has 2 aromatic heterocycles. The molecular formula is C34H34N6O5. The fourth-order valence-electron chi connectivity index (χ4n) is 5.69. The lowest BCUT2D eigenvalue weighted by Crippen LogP contribution is -2.38. The van der Waals surface area contributed by atoms with Crippen LogP contribution in [-0.4, -0.2) is 61.2 Å². The third kappa shape index (κ3) is 5.46. The zero-order chi connectivity index (χ0) is 30.9. The summed E-state index contributed by atoms with van der Waals surface area (Å²) >= 11 is 0. The van der Waals surface area contributed by atoms with E-state index in [-0.39, 0.29) is 11.7 Å². The van der Waals surface area contributed by atoms with E-state index < -0.39 is 0 Å². The lowest BCUT2D eigenvalue weighted by molar-refractivity contribution is -0.0796. The number of methoxy groups -OCH3 is 2. The van der Waals surface area contributed by atoms with Crippen molar-refractivity contribution in [1.82, 2.24) is 14.5 Å². The Kier molecular flexibility index (Phi) is 7.60. The van der Waals surface area contributed by atoms with E-state index in [1.807, 2.05) is 60.7 Å². The summed E-state index contributed by atoms with van der Waals surface area (Å²) in [5, 5.41) is 7.52. The van der Waals surface area contributed by atoms with Crippen LogP contribution in [0.25, 0.3) is 16.7 Å². The molecule has 11 nitrogen and oxygen atoms in total. The number of anilines is 4. The maximum absolute atomic E-state index is 14.5. The Hall–Kier alpha value is -5.29. The van der Waals surface area contributed by atoms with E-state index in [9.17, 15) is 4.79 Å². The van der Waals surface area contributed by atoms with Crippen LogP contribution in [0.2, 0.25) is 0 Å². The first-order chi connectivity index (χ1) is 22.0. The molecule has 230 valence electrons. The summed E-state index contributed by atoms with van der Waals surface area (Å²) in [6, 6.07) is 21.2. The van der Waals surface area contributed by atoms with Crippen LogP contribution in [-0.2, 0) is 11.3 Å². The van der Waals surface area contributed by atoms with E-state index >= 15 is 0 Å². The first-order valence-corrected chi connectivity index (χ1v) is 14.9. The number of para-hydroxylation sites is 1. The number of aryl methyl sites for hydroxylation is 1. The standard InChI is InChI=1S/C34H34N6O5/c1-21-5-4-6-28-31(21)35-13-14-39(28)29-15-23-18-37-34(36-17-22-7-10-26(42-2)16-30(22)43-3)38-32(23)40(33(29)41)24-8-11-25(12-9-24)45-27-19-44-20-27/h4-12,15-16,18,27,35H,13-14,17,19-20H2,1-3H3,(H,36,37,38). The molecule has 0 aliphatic carbocycles. The van der Waals surface area contributed by atoms with Crippen molar-refractivity contribution in [2.24, 2.45) is 0 Å². The summed E-state index contributed by atoms with van der Waals surface area (Å²) in [5.41, 5.74) is 5.56. The minimum atomic E-state index is -0.181. The smallest absolute Gasteiger partial charge is 0.280 e. The van der Waals surface area contributed by atoms with Gasteiger partial charge in [0, 0.05) is 42.8 Å². The van der Waals surface area contributed by atoms with Crippen LogP contribution in [0.4, 0.5) is 23.0 Å². The second kappa shape index (κ2) is 12.0. The van der Waals surface area contributed by atoms with E-state index in [4.69, 9.17) is 23.9 Å². The highest BCUT2D eigenvalue weighted by Gasteiger charge is 2.25. The SMILES string of the molecule is COc1ccc(CNc2ncc3cc(N4CCNc5c(C)cccc54)c(=O)n(-c4ccc(OC5COC5)cc4)c3n2)c(OC)c1. The number of hydrogen-bond acceptors (Lipinski definition) is 10. The number of nitrogens with one attached hydrogen (secondary N) is 2. The van der Waals surface area contributed by atoms with E-state index in [0.29, 0.717) is 67.3 Å². The van der Waals surface area contributed by atoms with Crippen LogP contribution in [0.3, 0.4) is 0 Å². The highest BCUT2D eigenvalue weighted by atomic mass is 16.6. The van der Waals surface area contributed by atoms with Crippen LogP contribution in [0.15, 0.2) is 77.7 Å². The number of rotatable bonds is 9. The minimum Gasteiger partial charge on any atom is -0.497 e. The maximum Gasteiger partial charge on any atom is 0.280 e. The maximum atomic E-state index is 14.5. The molecule has 3 aromatic carbocycles. The molecule has 0 amide bonds. The molecule has 0 unspecified atom stereocenters. The summed E-state index contributed by atoms with van der Waals surface area (Å²) < 4.78 is 23.7. The van der Waals surface area contributed by atoms with Crippen molar-refractivity contribution in [3.8, 4) is 22.9 Å². The van der Waals surface area contributed by atoms with Gasteiger partial charge in [-0.2, -0.15) is 4.98 Å². The van der Waals surface area contributed by atoms with Gasteiger partial charge in [0.15, 0.2) is 5.65 Å². The van der Waals surface area contributed by atoms with Gasteiger partial charge in [-0.05, 0) is 61.0 Å². The highest BCUT2D eigenvalue weighted by Crippen LogP contribution is 2.36. The van der Waals surface area contributed by atoms with Crippen LogP contribution in [0, 0.1) is 6.92 Å². The number of fused-ring (bicyclic) bond motifs is 2. The lowest BCUT2D eigenvalue weighted by atomic mass is 10.1. The number of ether oxygens (including phenoxy) is 4.